The molecule has 1 aliphatic carbocycles. The van der Waals surface area contributed by atoms with Gasteiger partial charge in [0.1, 0.15) is 11.6 Å². The molecule has 282 valence electrons. The summed E-state index contributed by atoms with van der Waals surface area (Å²) in [6.07, 6.45) is 13.5. The zero-order chi connectivity index (χ0) is 39.3. The number of nitrogens with zero attached hydrogens (tertiary/aromatic N) is 4. The van der Waals surface area contributed by atoms with E-state index in [-0.39, 0.29) is 17.3 Å². The number of hydrogen-bond donors (Lipinski definition) is 0. The van der Waals surface area contributed by atoms with Crippen LogP contribution in [0.3, 0.4) is 0 Å². The number of pyridine rings is 1. The Bertz CT molecular complexity index is 3140. The summed E-state index contributed by atoms with van der Waals surface area (Å²) in [7, 11) is -2.98. The molecule has 59 heavy (non-hydrogen) atoms. The number of imidazole rings is 1. The highest BCUT2D eigenvalue weighted by molar-refractivity contribution is 7.25. The molecule has 2 atom stereocenters. The quantitative estimate of drug-likeness (QED) is 0.129. The third-order valence-electron chi connectivity index (χ3n) is 13.2. The normalized spacial score (nSPS) is 17.5. The van der Waals surface area contributed by atoms with Crippen molar-refractivity contribution in [3.05, 3.63) is 222 Å². The first-order valence-corrected chi connectivity index (χ1v) is 23.3. The van der Waals surface area contributed by atoms with E-state index in [9.17, 15) is 0 Å². The van der Waals surface area contributed by atoms with Gasteiger partial charge in [0.05, 0.1) is 11.4 Å². The summed E-state index contributed by atoms with van der Waals surface area (Å²) in [5, 5.41) is 7.98. The topological polar surface area (TPSA) is 34.0 Å². The molecule has 0 bridgehead atoms. The van der Waals surface area contributed by atoms with Gasteiger partial charge in [0, 0.05) is 67.3 Å². The molecule has 6 heteroatoms. The highest BCUT2D eigenvalue weighted by Gasteiger charge is 2.46. The Morgan fingerprint density at radius 1 is 0.593 bits per heavy atom. The second-order valence-corrected chi connectivity index (χ2v) is 21.5. The van der Waals surface area contributed by atoms with Crippen molar-refractivity contribution in [1.29, 1.82) is 0 Å². The summed E-state index contributed by atoms with van der Waals surface area (Å²) in [6, 6.07) is 58.9. The summed E-state index contributed by atoms with van der Waals surface area (Å²) in [4.78, 5) is 12.7. The number of anilines is 3. The van der Waals surface area contributed by atoms with Crippen LogP contribution in [0.25, 0.3) is 25.9 Å². The van der Waals surface area contributed by atoms with Gasteiger partial charge in [0.2, 0.25) is 0 Å². The van der Waals surface area contributed by atoms with E-state index in [1.807, 2.05) is 23.7 Å². The predicted molar refractivity (Wildman–Crippen MR) is 248 cm³/mol. The standard InChI is InChI=1S/C53H40N4SSi/c1-53(2)45-23-14-28-54-52(45)57(48-33-43-42-22-10-12-25-49(42)58-50(43)34-46(48)53)35-15-13-20-38(31-35)59(36-16-5-3-6-17-36,37-18-7-4-8-19-37)39-26-27-40-41-21-9-11-24-47(41)56-30-29-55-51(56)44(40)32-39/h3-34,40,44H,1-2H3. The lowest BCUT2D eigenvalue weighted by molar-refractivity contribution is 0.628. The third-order valence-corrected chi connectivity index (χ3v) is 19.1. The van der Waals surface area contributed by atoms with Gasteiger partial charge in [0.25, 0.3) is 0 Å². The van der Waals surface area contributed by atoms with Gasteiger partial charge in [-0.15, -0.1) is 11.3 Å². The van der Waals surface area contributed by atoms with Gasteiger partial charge in [-0.1, -0.05) is 147 Å². The Balaban J connectivity index is 1.12. The smallest absolute Gasteiger partial charge is 0.179 e. The number of fused-ring (bicyclic) bond motifs is 11. The van der Waals surface area contributed by atoms with Crippen molar-refractivity contribution >= 4 is 72.3 Å². The second-order valence-electron chi connectivity index (χ2n) is 16.6. The number of thiophene rings is 1. The van der Waals surface area contributed by atoms with Crippen molar-refractivity contribution in [2.24, 2.45) is 0 Å². The monoisotopic (exact) mass is 792 g/mol. The van der Waals surface area contributed by atoms with E-state index in [4.69, 9.17) is 9.97 Å². The van der Waals surface area contributed by atoms with Crippen molar-refractivity contribution in [2.75, 3.05) is 4.90 Å². The summed E-state index contributed by atoms with van der Waals surface area (Å²) in [5.74, 6) is 2.38. The van der Waals surface area contributed by atoms with E-state index in [0.29, 0.717) is 0 Å². The lowest BCUT2D eigenvalue weighted by Gasteiger charge is -2.42. The fourth-order valence-corrected chi connectivity index (χ4v) is 16.5. The molecule has 3 aliphatic rings. The van der Waals surface area contributed by atoms with Crippen LogP contribution in [-0.2, 0) is 5.41 Å². The highest BCUT2D eigenvalue weighted by Crippen LogP contribution is 2.53. The van der Waals surface area contributed by atoms with Gasteiger partial charge in [-0.2, -0.15) is 0 Å². The first kappa shape index (κ1) is 34.4. The molecule has 4 nitrogen and oxygen atoms in total. The van der Waals surface area contributed by atoms with E-state index in [2.05, 4.69) is 205 Å². The van der Waals surface area contributed by atoms with E-state index >= 15 is 0 Å². The maximum atomic E-state index is 5.19. The summed E-state index contributed by atoms with van der Waals surface area (Å²) in [6.45, 7) is 4.71. The Morgan fingerprint density at radius 2 is 1.34 bits per heavy atom. The van der Waals surface area contributed by atoms with Crippen LogP contribution < -0.4 is 20.5 Å². The number of rotatable bonds is 5. The maximum absolute atomic E-state index is 5.19. The van der Waals surface area contributed by atoms with Crippen LogP contribution in [0.1, 0.15) is 48.2 Å². The van der Waals surface area contributed by atoms with Gasteiger partial charge in [0.15, 0.2) is 8.07 Å². The Kier molecular flexibility index (Phi) is 7.56. The SMILES string of the molecule is CC1(C)c2cc3sc4ccccc4c3cc2N(c2cccc([Si](C3=CC4c5nccn5-c5ccccc5C4C=C3)(c3ccccc3)c3ccccc3)c2)c2ncccc21. The fraction of sp³-hybridized carbons (Fsp3) is 0.0943. The average Bonchev–Trinajstić information content (AvgIpc) is 3.93. The van der Waals surface area contributed by atoms with Gasteiger partial charge in [-0.3, -0.25) is 4.90 Å². The van der Waals surface area contributed by atoms with Crippen molar-refractivity contribution in [3.8, 4) is 5.69 Å². The number of aromatic nitrogens is 3. The van der Waals surface area contributed by atoms with Gasteiger partial charge in [-0.25, -0.2) is 9.97 Å². The van der Waals surface area contributed by atoms with Crippen LogP contribution in [0.5, 0.6) is 0 Å². The molecular formula is C53H40N4SSi. The predicted octanol–water partition coefficient (Wildman–Crippen LogP) is 11.1. The molecule has 3 aromatic heterocycles. The zero-order valence-electron chi connectivity index (χ0n) is 32.8. The van der Waals surface area contributed by atoms with Gasteiger partial charge in [-0.05, 0) is 74.3 Å². The average molecular weight is 793 g/mol. The third kappa shape index (κ3) is 4.94. The summed E-state index contributed by atoms with van der Waals surface area (Å²) < 4.78 is 4.93. The Hall–Kier alpha value is -6.60. The van der Waals surface area contributed by atoms with Crippen LogP contribution >= 0.6 is 11.3 Å². The molecular weight excluding hydrogens is 753 g/mol. The van der Waals surface area contributed by atoms with E-state index < -0.39 is 8.07 Å². The molecule has 0 fully saturated rings. The van der Waals surface area contributed by atoms with Gasteiger partial charge >= 0.3 is 0 Å². The number of para-hydroxylation sites is 1. The molecule has 6 aromatic carbocycles. The summed E-state index contributed by atoms with van der Waals surface area (Å²) >= 11 is 1.88. The van der Waals surface area contributed by atoms with E-state index in [0.717, 1.165) is 17.3 Å². The maximum Gasteiger partial charge on any atom is 0.179 e. The minimum atomic E-state index is -2.98. The minimum absolute atomic E-state index is 0.0949. The van der Waals surface area contributed by atoms with Crippen molar-refractivity contribution in [2.45, 2.75) is 31.1 Å². The molecule has 0 N–H and O–H groups in total. The molecule has 0 amide bonds. The van der Waals surface area contributed by atoms with Crippen molar-refractivity contribution < 1.29 is 0 Å². The number of allylic oxidation sites excluding steroid dienone is 4. The lowest BCUT2D eigenvalue weighted by Crippen LogP contribution is -2.68. The van der Waals surface area contributed by atoms with E-state index in [1.165, 1.54) is 69.0 Å². The molecule has 2 aliphatic heterocycles. The second kappa shape index (κ2) is 13.0. The molecule has 0 saturated carbocycles. The number of hydrogen-bond acceptors (Lipinski definition) is 4. The molecule has 0 spiro atoms. The first-order chi connectivity index (χ1) is 29.0. The van der Waals surface area contributed by atoms with Crippen LogP contribution in [0, 0.1) is 0 Å². The molecule has 9 aromatic rings. The zero-order valence-corrected chi connectivity index (χ0v) is 34.6. The van der Waals surface area contributed by atoms with Crippen molar-refractivity contribution in [3.63, 3.8) is 0 Å². The van der Waals surface area contributed by atoms with Crippen LogP contribution in [0.15, 0.2) is 200 Å². The Labute approximate surface area is 349 Å². The van der Waals surface area contributed by atoms with Crippen molar-refractivity contribution in [1.82, 2.24) is 14.5 Å². The molecule has 0 saturated heterocycles. The molecule has 5 heterocycles. The largest absolute Gasteiger partial charge is 0.303 e. The Morgan fingerprint density at radius 3 is 2.17 bits per heavy atom. The van der Waals surface area contributed by atoms with Crippen LogP contribution in [0.4, 0.5) is 17.2 Å². The molecule has 2 unspecified atom stereocenters. The van der Waals surface area contributed by atoms with E-state index in [1.54, 1.807) is 0 Å². The first-order valence-electron chi connectivity index (χ1n) is 20.5. The fourth-order valence-electron chi connectivity index (χ4n) is 10.5. The highest BCUT2D eigenvalue weighted by atomic mass is 32.1. The molecule has 12 rings (SSSR count). The lowest BCUT2D eigenvalue weighted by atomic mass is 9.74. The minimum Gasteiger partial charge on any atom is -0.303 e. The van der Waals surface area contributed by atoms with Crippen LogP contribution in [-0.4, -0.2) is 22.6 Å². The number of benzene rings is 6. The van der Waals surface area contributed by atoms with Crippen LogP contribution in [0.2, 0.25) is 0 Å². The summed E-state index contributed by atoms with van der Waals surface area (Å²) in [5.41, 5.74) is 7.16. The molecule has 0 radical (unpaired) electrons. The van der Waals surface area contributed by atoms with Gasteiger partial charge < -0.3 is 4.57 Å².